The van der Waals surface area contributed by atoms with Gasteiger partial charge in [-0.25, -0.2) is 8.42 Å². The zero-order chi connectivity index (χ0) is 13.0. The summed E-state index contributed by atoms with van der Waals surface area (Å²) in [6.07, 6.45) is 2.95. The van der Waals surface area contributed by atoms with Gasteiger partial charge < -0.3 is 5.32 Å². The maximum atomic E-state index is 11.9. The lowest BCUT2D eigenvalue weighted by atomic mass is 9.85. The summed E-state index contributed by atoms with van der Waals surface area (Å²) in [7, 11) is -3.29. The zero-order valence-electron chi connectivity index (χ0n) is 10.1. The highest BCUT2D eigenvalue weighted by Gasteiger charge is 2.25. The molecule has 1 saturated carbocycles. The van der Waals surface area contributed by atoms with Crippen molar-refractivity contribution in [1.29, 1.82) is 0 Å². The first kappa shape index (κ1) is 13.1. The Kier molecular flexibility index (Phi) is 4.01. The lowest BCUT2D eigenvalue weighted by molar-refractivity contribution is -0.127. The molecule has 1 aromatic carbocycles. The number of rotatable bonds is 5. The van der Waals surface area contributed by atoms with Crippen LogP contribution in [0.4, 0.5) is 0 Å². The second kappa shape index (κ2) is 5.52. The molecule has 0 aliphatic heterocycles. The Morgan fingerprint density at radius 2 is 1.89 bits per heavy atom. The molecule has 4 nitrogen and oxygen atoms in total. The Labute approximate surface area is 107 Å². The first-order chi connectivity index (χ1) is 8.59. The summed E-state index contributed by atoms with van der Waals surface area (Å²) >= 11 is 0. The van der Waals surface area contributed by atoms with Crippen LogP contribution in [0.15, 0.2) is 35.2 Å². The highest BCUT2D eigenvalue weighted by molar-refractivity contribution is 7.91. The summed E-state index contributed by atoms with van der Waals surface area (Å²) in [5.41, 5.74) is 0. The van der Waals surface area contributed by atoms with Crippen LogP contribution in [0.2, 0.25) is 0 Å². The molecule has 1 N–H and O–H groups in total. The number of amides is 1. The molecule has 1 amide bonds. The van der Waals surface area contributed by atoms with Crippen molar-refractivity contribution in [3.8, 4) is 0 Å². The molecular weight excluding hydrogens is 250 g/mol. The molecule has 0 aromatic heterocycles. The molecule has 0 unspecified atom stereocenters. The van der Waals surface area contributed by atoms with E-state index in [4.69, 9.17) is 0 Å². The average Bonchev–Trinajstić information content (AvgIpc) is 2.27. The first-order valence-corrected chi connectivity index (χ1v) is 7.80. The number of nitrogens with one attached hydrogen (secondary N) is 1. The van der Waals surface area contributed by atoms with E-state index in [2.05, 4.69) is 5.32 Å². The maximum absolute atomic E-state index is 11.9. The van der Waals surface area contributed by atoms with Crippen LogP contribution in [0.25, 0.3) is 0 Å². The maximum Gasteiger partial charge on any atom is 0.223 e. The van der Waals surface area contributed by atoms with Crippen LogP contribution in [0.1, 0.15) is 19.3 Å². The van der Waals surface area contributed by atoms with Gasteiger partial charge in [0.05, 0.1) is 10.6 Å². The van der Waals surface area contributed by atoms with Gasteiger partial charge in [-0.2, -0.15) is 0 Å². The molecule has 98 valence electrons. The summed E-state index contributed by atoms with van der Waals surface area (Å²) < 4.78 is 23.8. The van der Waals surface area contributed by atoms with Crippen LogP contribution in [0.3, 0.4) is 0 Å². The first-order valence-electron chi connectivity index (χ1n) is 6.15. The number of hydrogen-bond acceptors (Lipinski definition) is 3. The smallest absolute Gasteiger partial charge is 0.223 e. The summed E-state index contributed by atoms with van der Waals surface area (Å²) in [4.78, 5) is 11.8. The Morgan fingerprint density at radius 3 is 2.44 bits per heavy atom. The standard InChI is InChI=1S/C13H17NO3S/c15-13(11-5-4-6-11)14-9-10-18(16,17)12-7-2-1-3-8-12/h1-3,7-8,11H,4-6,9-10H2,(H,14,15). The number of hydrogen-bond donors (Lipinski definition) is 1. The number of sulfone groups is 1. The van der Waals surface area contributed by atoms with Crippen LogP contribution in [-0.2, 0) is 14.6 Å². The highest BCUT2D eigenvalue weighted by atomic mass is 32.2. The van der Waals surface area contributed by atoms with E-state index in [-0.39, 0.29) is 24.1 Å². The van der Waals surface area contributed by atoms with Crippen molar-refractivity contribution >= 4 is 15.7 Å². The van der Waals surface area contributed by atoms with Gasteiger partial charge in [0.1, 0.15) is 0 Å². The lowest BCUT2D eigenvalue weighted by Gasteiger charge is -2.23. The van der Waals surface area contributed by atoms with Gasteiger partial charge in [0.25, 0.3) is 0 Å². The summed E-state index contributed by atoms with van der Waals surface area (Å²) in [6.45, 7) is 0.187. The number of benzene rings is 1. The van der Waals surface area contributed by atoms with Crippen molar-refractivity contribution in [3.63, 3.8) is 0 Å². The van der Waals surface area contributed by atoms with Crippen LogP contribution in [-0.4, -0.2) is 26.6 Å². The predicted molar refractivity (Wildman–Crippen MR) is 68.8 cm³/mol. The topological polar surface area (TPSA) is 63.2 Å². The van der Waals surface area contributed by atoms with E-state index in [0.29, 0.717) is 4.90 Å². The normalized spacial score (nSPS) is 16.0. The molecule has 0 bridgehead atoms. The molecule has 0 radical (unpaired) electrons. The van der Waals surface area contributed by atoms with E-state index in [9.17, 15) is 13.2 Å². The largest absolute Gasteiger partial charge is 0.355 e. The van der Waals surface area contributed by atoms with Crippen molar-refractivity contribution in [2.45, 2.75) is 24.2 Å². The fourth-order valence-corrected chi connectivity index (χ4v) is 3.05. The van der Waals surface area contributed by atoms with Crippen LogP contribution in [0, 0.1) is 5.92 Å². The fraction of sp³-hybridized carbons (Fsp3) is 0.462. The molecule has 1 aliphatic carbocycles. The Bertz CT molecular complexity index is 506. The SMILES string of the molecule is O=C(NCCS(=O)(=O)c1ccccc1)C1CCC1. The fourth-order valence-electron chi connectivity index (χ4n) is 1.87. The van der Waals surface area contributed by atoms with Crippen molar-refractivity contribution < 1.29 is 13.2 Å². The van der Waals surface area contributed by atoms with E-state index < -0.39 is 9.84 Å². The minimum absolute atomic E-state index is 0.00971. The van der Waals surface area contributed by atoms with Crippen LogP contribution in [0.5, 0.6) is 0 Å². The molecule has 0 saturated heterocycles. The van der Waals surface area contributed by atoms with Crippen molar-refractivity contribution in [1.82, 2.24) is 5.32 Å². The van der Waals surface area contributed by atoms with Gasteiger partial charge in [-0.3, -0.25) is 4.79 Å². The van der Waals surface area contributed by atoms with Crippen molar-refractivity contribution in [2.24, 2.45) is 5.92 Å². The van der Waals surface area contributed by atoms with Crippen molar-refractivity contribution in [3.05, 3.63) is 30.3 Å². The summed E-state index contributed by atoms with van der Waals surface area (Å²) in [6, 6.07) is 8.31. The molecule has 18 heavy (non-hydrogen) atoms. The third kappa shape index (κ3) is 3.10. The van der Waals surface area contributed by atoms with Crippen LogP contribution < -0.4 is 5.32 Å². The second-order valence-electron chi connectivity index (χ2n) is 4.55. The Hall–Kier alpha value is -1.36. The van der Waals surface area contributed by atoms with Gasteiger partial charge in [0, 0.05) is 12.5 Å². The van der Waals surface area contributed by atoms with Crippen molar-refractivity contribution in [2.75, 3.05) is 12.3 Å². The van der Waals surface area contributed by atoms with E-state index in [0.717, 1.165) is 19.3 Å². The van der Waals surface area contributed by atoms with Gasteiger partial charge >= 0.3 is 0 Å². The molecule has 5 heteroatoms. The monoisotopic (exact) mass is 267 g/mol. The minimum Gasteiger partial charge on any atom is -0.355 e. The minimum atomic E-state index is -3.29. The van der Waals surface area contributed by atoms with Gasteiger partial charge in [0.2, 0.25) is 5.91 Å². The Balaban J connectivity index is 1.84. The van der Waals surface area contributed by atoms with Gasteiger partial charge in [-0.05, 0) is 25.0 Å². The molecule has 1 fully saturated rings. The molecule has 1 aliphatic rings. The third-order valence-electron chi connectivity index (χ3n) is 3.25. The van der Waals surface area contributed by atoms with Gasteiger partial charge in [0.15, 0.2) is 9.84 Å². The summed E-state index contributed by atoms with van der Waals surface area (Å²) in [5, 5.41) is 2.69. The van der Waals surface area contributed by atoms with Crippen LogP contribution >= 0.6 is 0 Å². The quantitative estimate of drug-likeness (QED) is 0.876. The van der Waals surface area contributed by atoms with E-state index in [1.807, 2.05) is 0 Å². The third-order valence-corrected chi connectivity index (χ3v) is 4.98. The molecule has 1 aromatic rings. The van der Waals surface area contributed by atoms with Gasteiger partial charge in [-0.15, -0.1) is 0 Å². The lowest BCUT2D eigenvalue weighted by Crippen LogP contribution is -2.37. The molecule has 0 atom stereocenters. The summed E-state index contributed by atoms with van der Waals surface area (Å²) in [5.74, 6) is 0.0455. The molecular formula is C13H17NO3S. The highest BCUT2D eigenvalue weighted by Crippen LogP contribution is 2.26. The molecule has 0 spiro atoms. The van der Waals surface area contributed by atoms with E-state index in [1.165, 1.54) is 0 Å². The van der Waals surface area contributed by atoms with E-state index in [1.54, 1.807) is 30.3 Å². The average molecular weight is 267 g/mol. The van der Waals surface area contributed by atoms with Gasteiger partial charge in [-0.1, -0.05) is 24.6 Å². The Morgan fingerprint density at radius 1 is 1.22 bits per heavy atom. The number of carbonyl (C=O) groups excluding carboxylic acids is 1. The second-order valence-corrected chi connectivity index (χ2v) is 6.66. The predicted octanol–water partition coefficient (Wildman–Crippen LogP) is 1.38. The molecule has 0 heterocycles. The zero-order valence-corrected chi connectivity index (χ0v) is 10.9. The van der Waals surface area contributed by atoms with E-state index >= 15 is 0 Å². The molecule has 2 rings (SSSR count). The number of carbonyl (C=O) groups is 1.